The number of benzene rings is 1. The summed E-state index contributed by atoms with van der Waals surface area (Å²) < 4.78 is 18.3. The number of halogens is 1. The average Bonchev–Trinajstić information content (AvgIpc) is 2.97. The predicted molar refractivity (Wildman–Crippen MR) is 76.8 cm³/mol. The quantitative estimate of drug-likeness (QED) is 0.878. The van der Waals surface area contributed by atoms with Gasteiger partial charge >= 0.3 is 0 Å². The van der Waals surface area contributed by atoms with Gasteiger partial charge in [0.2, 0.25) is 0 Å². The second-order valence-corrected chi connectivity index (χ2v) is 4.49. The lowest BCUT2D eigenvalue weighted by atomic mass is 10.1. The molecule has 0 spiro atoms. The van der Waals surface area contributed by atoms with Crippen LogP contribution in [0.15, 0.2) is 41.2 Å². The van der Waals surface area contributed by atoms with Crippen molar-refractivity contribution in [1.29, 1.82) is 0 Å². The van der Waals surface area contributed by atoms with Crippen molar-refractivity contribution < 1.29 is 13.6 Å². The molecule has 2 N–H and O–H groups in total. The first-order valence-corrected chi connectivity index (χ1v) is 6.37. The predicted octanol–water partition coefficient (Wildman–Crippen LogP) is 2.00. The van der Waals surface area contributed by atoms with E-state index in [0.717, 1.165) is 5.56 Å². The lowest BCUT2D eigenvalue weighted by molar-refractivity contribution is 0.0784. The van der Waals surface area contributed by atoms with Crippen molar-refractivity contribution in [3.05, 3.63) is 59.3 Å². The highest BCUT2D eigenvalue weighted by Gasteiger charge is 2.16. The fraction of sp³-hybridized carbons (Fsp3) is 0.188. The number of amides is 1. The van der Waals surface area contributed by atoms with Crippen LogP contribution in [0.2, 0.25) is 0 Å². The van der Waals surface area contributed by atoms with Crippen molar-refractivity contribution in [2.75, 3.05) is 13.6 Å². The second kappa shape index (κ2) is 6.73. The fourth-order valence-electron chi connectivity index (χ4n) is 1.89. The number of carbonyl (C=O) groups is 1. The van der Waals surface area contributed by atoms with Crippen molar-refractivity contribution in [3.8, 4) is 11.8 Å². The van der Waals surface area contributed by atoms with E-state index < -0.39 is 5.82 Å². The maximum absolute atomic E-state index is 13.3. The van der Waals surface area contributed by atoms with Gasteiger partial charge in [0.05, 0.1) is 24.6 Å². The highest BCUT2D eigenvalue weighted by atomic mass is 19.1. The van der Waals surface area contributed by atoms with Crippen LogP contribution in [0.5, 0.6) is 0 Å². The Labute approximate surface area is 122 Å². The summed E-state index contributed by atoms with van der Waals surface area (Å²) in [4.78, 5) is 14.0. The molecule has 0 aliphatic carbocycles. The van der Waals surface area contributed by atoms with Crippen LogP contribution in [-0.2, 0) is 6.54 Å². The van der Waals surface area contributed by atoms with Crippen molar-refractivity contribution >= 4 is 5.91 Å². The van der Waals surface area contributed by atoms with Gasteiger partial charge in [-0.15, -0.1) is 0 Å². The minimum absolute atomic E-state index is 0.148. The summed E-state index contributed by atoms with van der Waals surface area (Å²) in [7, 11) is 1.67. The third-order valence-corrected chi connectivity index (χ3v) is 2.88. The van der Waals surface area contributed by atoms with Crippen LogP contribution in [0.3, 0.4) is 0 Å². The number of nitrogens with zero attached hydrogens (tertiary/aromatic N) is 1. The summed E-state index contributed by atoms with van der Waals surface area (Å²) in [5.41, 5.74) is 6.88. The van der Waals surface area contributed by atoms with E-state index in [4.69, 9.17) is 10.2 Å². The van der Waals surface area contributed by atoms with Gasteiger partial charge in [0.15, 0.2) is 0 Å². The molecular formula is C16H15FN2O2. The maximum Gasteiger partial charge on any atom is 0.255 e. The Hall–Kier alpha value is -2.58. The van der Waals surface area contributed by atoms with Crippen molar-refractivity contribution in [3.63, 3.8) is 0 Å². The summed E-state index contributed by atoms with van der Waals surface area (Å²) in [6, 6.07) is 5.70. The van der Waals surface area contributed by atoms with Gasteiger partial charge in [0.25, 0.3) is 5.91 Å². The smallest absolute Gasteiger partial charge is 0.255 e. The molecule has 0 bridgehead atoms. The molecule has 1 amide bonds. The molecule has 1 aromatic heterocycles. The van der Waals surface area contributed by atoms with Gasteiger partial charge in [-0.1, -0.05) is 11.8 Å². The molecule has 1 aromatic carbocycles. The molecule has 0 saturated heterocycles. The van der Waals surface area contributed by atoms with Crippen LogP contribution in [0.25, 0.3) is 0 Å². The van der Waals surface area contributed by atoms with E-state index in [1.165, 1.54) is 23.1 Å². The van der Waals surface area contributed by atoms with Crippen LogP contribution in [0, 0.1) is 17.7 Å². The summed E-state index contributed by atoms with van der Waals surface area (Å²) >= 11 is 0. The van der Waals surface area contributed by atoms with E-state index in [2.05, 4.69) is 11.8 Å². The largest absolute Gasteiger partial charge is 0.472 e. The van der Waals surface area contributed by atoms with Gasteiger partial charge in [-0.3, -0.25) is 4.79 Å². The Morgan fingerprint density at radius 1 is 1.43 bits per heavy atom. The average molecular weight is 286 g/mol. The fourth-order valence-corrected chi connectivity index (χ4v) is 1.89. The van der Waals surface area contributed by atoms with Crippen LogP contribution in [-0.4, -0.2) is 24.4 Å². The molecule has 21 heavy (non-hydrogen) atoms. The standard InChI is InChI=1S/C16H15FN2O2/c1-19(10-12-6-8-21-11-12)16(20)15-5-4-14(17)9-13(15)3-2-7-18/h4-6,8-9,11H,7,10,18H2,1H3. The van der Waals surface area contributed by atoms with Crippen LogP contribution in [0.1, 0.15) is 21.5 Å². The van der Waals surface area contributed by atoms with Crippen molar-refractivity contribution in [2.24, 2.45) is 5.73 Å². The summed E-state index contributed by atoms with van der Waals surface area (Å²) in [5.74, 6) is 4.69. The molecule has 4 nitrogen and oxygen atoms in total. The van der Waals surface area contributed by atoms with Gasteiger partial charge in [-0.05, 0) is 24.3 Å². The topological polar surface area (TPSA) is 59.5 Å². The summed E-state index contributed by atoms with van der Waals surface area (Å²) in [5, 5.41) is 0. The molecule has 0 radical (unpaired) electrons. The van der Waals surface area contributed by atoms with Crippen LogP contribution in [0.4, 0.5) is 4.39 Å². The van der Waals surface area contributed by atoms with E-state index in [9.17, 15) is 9.18 Å². The van der Waals surface area contributed by atoms with Crippen LogP contribution >= 0.6 is 0 Å². The Balaban J connectivity index is 2.25. The molecule has 0 saturated carbocycles. The minimum atomic E-state index is -0.439. The molecule has 2 aromatic rings. The van der Waals surface area contributed by atoms with E-state index in [0.29, 0.717) is 17.7 Å². The molecule has 1 heterocycles. The first kappa shape index (κ1) is 14.8. The zero-order valence-electron chi connectivity index (χ0n) is 11.6. The molecule has 0 aliphatic heterocycles. The molecule has 0 unspecified atom stereocenters. The van der Waals surface area contributed by atoms with Crippen molar-refractivity contribution in [2.45, 2.75) is 6.54 Å². The molecule has 5 heteroatoms. The zero-order valence-corrected chi connectivity index (χ0v) is 11.6. The number of rotatable bonds is 3. The molecule has 0 atom stereocenters. The highest BCUT2D eigenvalue weighted by molar-refractivity contribution is 5.96. The Kier molecular flexibility index (Phi) is 4.75. The van der Waals surface area contributed by atoms with Gasteiger partial charge in [-0.2, -0.15) is 0 Å². The second-order valence-electron chi connectivity index (χ2n) is 4.49. The summed E-state index contributed by atoms with van der Waals surface area (Å²) in [6.07, 6.45) is 3.12. The monoisotopic (exact) mass is 286 g/mol. The first-order valence-electron chi connectivity index (χ1n) is 6.37. The van der Waals surface area contributed by atoms with Gasteiger partial charge in [-0.25, -0.2) is 4.39 Å². The Morgan fingerprint density at radius 2 is 2.24 bits per heavy atom. The Morgan fingerprint density at radius 3 is 2.90 bits per heavy atom. The molecule has 0 fully saturated rings. The molecular weight excluding hydrogens is 271 g/mol. The van der Waals surface area contributed by atoms with Crippen LogP contribution < -0.4 is 5.73 Å². The van der Waals surface area contributed by atoms with E-state index in [-0.39, 0.29) is 12.5 Å². The van der Waals surface area contributed by atoms with Crippen molar-refractivity contribution in [1.82, 2.24) is 4.90 Å². The number of hydrogen-bond acceptors (Lipinski definition) is 3. The Bertz CT molecular complexity index is 684. The lowest BCUT2D eigenvalue weighted by Crippen LogP contribution is -2.26. The number of carbonyl (C=O) groups excluding carboxylic acids is 1. The lowest BCUT2D eigenvalue weighted by Gasteiger charge is -2.17. The highest BCUT2D eigenvalue weighted by Crippen LogP contribution is 2.14. The van der Waals surface area contributed by atoms with E-state index >= 15 is 0 Å². The SMILES string of the molecule is CN(Cc1ccoc1)C(=O)c1ccc(F)cc1C#CCN. The summed E-state index contributed by atoms with van der Waals surface area (Å²) in [6.45, 7) is 0.547. The van der Waals surface area contributed by atoms with Gasteiger partial charge in [0, 0.05) is 24.7 Å². The molecule has 0 aliphatic rings. The third-order valence-electron chi connectivity index (χ3n) is 2.88. The van der Waals surface area contributed by atoms with E-state index in [1.54, 1.807) is 25.6 Å². The zero-order chi connectivity index (χ0) is 15.2. The number of nitrogens with two attached hydrogens (primary N) is 1. The maximum atomic E-state index is 13.3. The minimum Gasteiger partial charge on any atom is -0.472 e. The normalized spacial score (nSPS) is 9.86. The van der Waals surface area contributed by atoms with Gasteiger partial charge < -0.3 is 15.1 Å². The number of hydrogen-bond donors (Lipinski definition) is 1. The third kappa shape index (κ3) is 3.71. The number of furan rings is 1. The first-order chi connectivity index (χ1) is 10.1. The van der Waals surface area contributed by atoms with E-state index in [1.807, 2.05) is 0 Å². The molecule has 2 rings (SSSR count). The van der Waals surface area contributed by atoms with Gasteiger partial charge in [0.1, 0.15) is 5.82 Å². The molecule has 108 valence electrons.